The van der Waals surface area contributed by atoms with E-state index in [2.05, 4.69) is 58.5 Å². The number of hydrogen-bond acceptors (Lipinski definition) is 2. The Bertz CT molecular complexity index is 583. The van der Waals surface area contributed by atoms with E-state index in [9.17, 15) is 0 Å². The lowest BCUT2D eigenvalue weighted by atomic mass is 9.94. The first kappa shape index (κ1) is 15.1. The highest BCUT2D eigenvalue weighted by Gasteiger charge is 2.18. The second kappa shape index (κ2) is 6.91. The molecule has 0 heterocycles. The fraction of sp³-hybridized carbons (Fsp3) is 0.294. The van der Waals surface area contributed by atoms with Crippen LogP contribution in [0, 0.1) is 6.92 Å². The fourth-order valence-corrected chi connectivity index (χ4v) is 2.80. The Morgan fingerprint density at radius 2 is 1.90 bits per heavy atom. The summed E-state index contributed by atoms with van der Waals surface area (Å²) in [6, 6.07) is 14.7. The highest BCUT2D eigenvalue weighted by atomic mass is 79.9. The fourth-order valence-electron chi connectivity index (χ4n) is 2.42. The summed E-state index contributed by atoms with van der Waals surface area (Å²) >= 11 is 3.55. The highest BCUT2D eigenvalue weighted by molar-refractivity contribution is 9.10. The molecular weight excluding hydrogens is 314 g/mol. The molecule has 1 N–H and O–H groups in total. The van der Waals surface area contributed by atoms with Crippen molar-refractivity contribution in [1.29, 1.82) is 0 Å². The van der Waals surface area contributed by atoms with Crippen LogP contribution in [-0.4, -0.2) is 13.7 Å². The molecule has 0 aliphatic heterocycles. The van der Waals surface area contributed by atoms with Crippen molar-refractivity contribution in [2.45, 2.75) is 19.9 Å². The van der Waals surface area contributed by atoms with Gasteiger partial charge in [0.2, 0.25) is 0 Å². The minimum Gasteiger partial charge on any atom is -0.494 e. The number of hydrogen-bond donors (Lipinski definition) is 1. The maximum atomic E-state index is 5.78. The number of rotatable bonds is 5. The largest absolute Gasteiger partial charge is 0.494 e. The molecule has 20 heavy (non-hydrogen) atoms. The molecule has 2 rings (SSSR count). The van der Waals surface area contributed by atoms with Crippen molar-refractivity contribution in [3.8, 4) is 5.75 Å². The van der Waals surface area contributed by atoms with E-state index in [1.54, 1.807) is 0 Å². The van der Waals surface area contributed by atoms with Crippen molar-refractivity contribution in [2.24, 2.45) is 0 Å². The van der Waals surface area contributed by atoms with Gasteiger partial charge in [0.25, 0.3) is 0 Å². The number of halogens is 1. The molecule has 0 aliphatic carbocycles. The quantitative estimate of drug-likeness (QED) is 0.871. The van der Waals surface area contributed by atoms with Gasteiger partial charge < -0.3 is 10.1 Å². The molecule has 2 aromatic rings. The summed E-state index contributed by atoms with van der Waals surface area (Å²) < 4.78 is 6.84. The minimum atomic E-state index is 0.121. The summed E-state index contributed by atoms with van der Waals surface area (Å²) in [5, 5.41) is 3.40. The van der Waals surface area contributed by atoms with Gasteiger partial charge in [-0.3, -0.25) is 0 Å². The lowest BCUT2D eigenvalue weighted by Crippen LogP contribution is -2.19. The Morgan fingerprint density at radius 1 is 1.15 bits per heavy atom. The van der Waals surface area contributed by atoms with Gasteiger partial charge in [0.05, 0.1) is 12.6 Å². The van der Waals surface area contributed by atoms with E-state index in [1.807, 2.05) is 26.1 Å². The summed E-state index contributed by atoms with van der Waals surface area (Å²) in [5.74, 6) is 0.929. The molecule has 0 saturated carbocycles. The molecule has 1 atom stereocenters. The van der Waals surface area contributed by atoms with Crippen LogP contribution in [0.1, 0.15) is 29.7 Å². The van der Waals surface area contributed by atoms with Crippen molar-refractivity contribution < 1.29 is 4.74 Å². The van der Waals surface area contributed by atoms with E-state index >= 15 is 0 Å². The van der Waals surface area contributed by atoms with Gasteiger partial charge in [0.1, 0.15) is 5.75 Å². The van der Waals surface area contributed by atoms with Crippen LogP contribution in [0.15, 0.2) is 46.9 Å². The number of ether oxygens (including phenoxy) is 1. The molecule has 2 aromatic carbocycles. The van der Waals surface area contributed by atoms with Crippen LogP contribution >= 0.6 is 15.9 Å². The second-order valence-corrected chi connectivity index (χ2v) is 5.61. The molecule has 2 nitrogen and oxygen atoms in total. The second-order valence-electron chi connectivity index (χ2n) is 4.69. The van der Waals surface area contributed by atoms with Crippen LogP contribution in [-0.2, 0) is 0 Å². The topological polar surface area (TPSA) is 21.3 Å². The maximum Gasteiger partial charge on any atom is 0.124 e. The van der Waals surface area contributed by atoms with Crippen LogP contribution in [0.3, 0.4) is 0 Å². The van der Waals surface area contributed by atoms with Crippen LogP contribution in [0.2, 0.25) is 0 Å². The average molecular weight is 334 g/mol. The third-order valence-electron chi connectivity index (χ3n) is 3.37. The van der Waals surface area contributed by atoms with E-state index in [-0.39, 0.29) is 6.04 Å². The predicted molar refractivity (Wildman–Crippen MR) is 87.4 cm³/mol. The molecular formula is C17H20BrNO. The third-order valence-corrected chi connectivity index (χ3v) is 3.86. The Balaban J connectivity index is 2.51. The molecule has 0 saturated heterocycles. The summed E-state index contributed by atoms with van der Waals surface area (Å²) in [5.41, 5.74) is 3.70. The summed E-state index contributed by atoms with van der Waals surface area (Å²) in [6.07, 6.45) is 0. The Morgan fingerprint density at radius 3 is 2.55 bits per heavy atom. The van der Waals surface area contributed by atoms with Gasteiger partial charge in [-0.05, 0) is 50.2 Å². The first-order valence-electron chi connectivity index (χ1n) is 6.82. The normalized spacial score (nSPS) is 12.2. The summed E-state index contributed by atoms with van der Waals surface area (Å²) in [7, 11) is 1.98. The van der Waals surface area contributed by atoms with Crippen molar-refractivity contribution in [3.63, 3.8) is 0 Å². The zero-order valence-electron chi connectivity index (χ0n) is 12.1. The molecule has 0 amide bonds. The average Bonchev–Trinajstić information content (AvgIpc) is 2.44. The lowest BCUT2D eigenvalue weighted by molar-refractivity contribution is 0.334. The number of benzene rings is 2. The van der Waals surface area contributed by atoms with Crippen molar-refractivity contribution in [2.75, 3.05) is 13.7 Å². The van der Waals surface area contributed by atoms with Gasteiger partial charge >= 0.3 is 0 Å². The van der Waals surface area contributed by atoms with Crippen LogP contribution in [0.5, 0.6) is 5.75 Å². The van der Waals surface area contributed by atoms with E-state index in [0.29, 0.717) is 6.61 Å². The zero-order chi connectivity index (χ0) is 14.5. The molecule has 106 valence electrons. The van der Waals surface area contributed by atoms with Crippen molar-refractivity contribution in [3.05, 3.63) is 63.6 Å². The Labute approximate surface area is 129 Å². The maximum absolute atomic E-state index is 5.78. The van der Waals surface area contributed by atoms with Gasteiger partial charge in [0.15, 0.2) is 0 Å². The highest BCUT2D eigenvalue weighted by Crippen LogP contribution is 2.33. The first-order valence-corrected chi connectivity index (χ1v) is 7.61. The van der Waals surface area contributed by atoms with E-state index in [0.717, 1.165) is 15.8 Å². The third kappa shape index (κ3) is 3.22. The van der Waals surface area contributed by atoms with Gasteiger partial charge in [0, 0.05) is 10.0 Å². The zero-order valence-corrected chi connectivity index (χ0v) is 13.7. The first-order chi connectivity index (χ1) is 9.67. The van der Waals surface area contributed by atoms with Crippen molar-refractivity contribution in [1.82, 2.24) is 5.32 Å². The van der Waals surface area contributed by atoms with Gasteiger partial charge in [-0.25, -0.2) is 0 Å². The van der Waals surface area contributed by atoms with Crippen LogP contribution < -0.4 is 10.1 Å². The predicted octanol–water partition coefficient (Wildman–Crippen LogP) is 4.47. The molecule has 0 radical (unpaired) electrons. The molecule has 0 aromatic heterocycles. The molecule has 0 bridgehead atoms. The number of nitrogens with one attached hydrogen (secondary N) is 1. The van der Waals surface area contributed by atoms with Gasteiger partial charge in [-0.2, -0.15) is 0 Å². The molecule has 1 unspecified atom stereocenters. The molecule has 0 spiro atoms. The molecule has 0 fully saturated rings. The minimum absolute atomic E-state index is 0.121. The smallest absolute Gasteiger partial charge is 0.124 e. The Hall–Kier alpha value is -1.32. The standard InChI is InChI=1S/C17H20BrNO/c1-4-20-16-10-9-13(18)11-15(16)17(19-3)14-8-6-5-7-12(14)2/h5-11,17,19H,4H2,1-3H3. The Kier molecular flexibility index (Phi) is 5.21. The van der Waals surface area contributed by atoms with E-state index in [4.69, 9.17) is 4.74 Å². The van der Waals surface area contributed by atoms with E-state index < -0.39 is 0 Å². The number of aryl methyl sites for hydroxylation is 1. The van der Waals surface area contributed by atoms with Crippen LogP contribution in [0.25, 0.3) is 0 Å². The van der Waals surface area contributed by atoms with Gasteiger partial charge in [-0.1, -0.05) is 40.2 Å². The van der Waals surface area contributed by atoms with Gasteiger partial charge in [-0.15, -0.1) is 0 Å². The van der Waals surface area contributed by atoms with E-state index in [1.165, 1.54) is 11.1 Å². The SMILES string of the molecule is CCOc1ccc(Br)cc1C(NC)c1ccccc1C. The molecule has 0 aliphatic rings. The van der Waals surface area contributed by atoms with Crippen LogP contribution in [0.4, 0.5) is 0 Å². The summed E-state index contributed by atoms with van der Waals surface area (Å²) in [4.78, 5) is 0. The summed E-state index contributed by atoms with van der Waals surface area (Å²) in [6.45, 7) is 4.81. The lowest BCUT2D eigenvalue weighted by Gasteiger charge is -2.22. The van der Waals surface area contributed by atoms with Crippen molar-refractivity contribution >= 4 is 15.9 Å². The molecule has 3 heteroatoms. The monoisotopic (exact) mass is 333 g/mol.